The van der Waals surface area contributed by atoms with Crippen LogP contribution in [0.15, 0.2) is 24.4 Å². The highest BCUT2D eigenvalue weighted by Crippen LogP contribution is 2.45. The van der Waals surface area contributed by atoms with E-state index in [-0.39, 0.29) is 13.0 Å². The summed E-state index contributed by atoms with van der Waals surface area (Å²) in [5, 5.41) is 32.0. The molecule has 2 fully saturated rings. The Labute approximate surface area is 136 Å². The fourth-order valence-corrected chi connectivity index (χ4v) is 3.52. The Morgan fingerprint density at radius 2 is 2.21 bits per heavy atom. The predicted octanol–water partition coefficient (Wildman–Crippen LogP) is -0.545. The molecule has 0 aliphatic carbocycles. The van der Waals surface area contributed by atoms with Crippen LogP contribution in [0.5, 0.6) is 5.75 Å². The van der Waals surface area contributed by atoms with Crippen LogP contribution in [-0.2, 0) is 20.7 Å². The normalized spacial score (nSPS) is 35.2. The third-order valence-electron chi connectivity index (χ3n) is 4.79. The molecule has 2 aromatic rings. The number of nitrogens with one attached hydrogen (secondary N) is 1. The molecule has 8 heteroatoms. The van der Waals surface area contributed by atoms with Gasteiger partial charge in [0.05, 0.1) is 13.7 Å². The number of aliphatic hydroxyl groups is 3. The standard InChI is InChI=1S/C16H17NO7/c1-22-11-4-2-3-9-12(11)8(6-17-9)5-15(20)14(19)24-13-10(18)7-23-16(13,15)21/h2-4,6,10,13,17-18,20-21H,5,7H2,1H3. The molecule has 0 radical (unpaired) electrons. The van der Waals surface area contributed by atoms with Crippen LogP contribution >= 0.6 is 0 Å². The Kier molecular flexibility index (Phi) is 3.17. The number of benzene rings is 1. The quantitative estimate of drug-likeness (QED) is 0.556. The Balaban J connectivity index is 1.79. The van der Waals surface area contributed by atoms with Crippen LogP contribution in [0.4, 0.5) is 0 Å². The minimum absolute atomic E-state index is 0.228. The summed E-state index contributed by atoms with van der Waals surface area (Å²) in [6.07, 6.45) is -1.14. The highest BCUT2D eigenvalue weighted by molar-refractivity contribution is 5.91. The summed E-state index contributed by atoms with van der Waals surface area (Å²) in [7, 11) is 1.52. The van der Waals surface area contributed by atoms with Gasteiger partial charge >= 0.3 is 5.97 Å². The van der Waals surface area contributed by atoms with Crippen molar-refractivity contribution in [1.82, 2.24) is 4.98 Å². The Hall–Kier alpha value is -2.13. The number of ether oxygens (including phenoxy) is 3. The first-order chi connectivity index (χ1) is 11.4. The first-order valence-corrected chi connectivity index (χ1v) is 7.51. The van der Waals surface area contributed by atoms with Gasteiger partial charge in [-0.05, 0) is 17.7 Å². The molecule has 24 heavy (non-hydrogen) atoms. The number of hydrogen-bond acceptors (Lipinski definition) is 7. The maximum Gasteiger partial charge on any atom is 0.344 e. The first kappa shape index (κ1) is 15.4. The van der Waals surface area contributed by atoms with Gasteiger partial charge in [-0.3, -0.25) is 0 Å². The molecule has 8 nitrogen and oxygen atoms in total. The lowest BCUT2D eigenvalue weighted by Gasteiger charge is -2.31. The van der Waals surface area contributed by atoms with Crippen LogP contribution in [0, 0.1) is 0 Å². The number of carbonyl (C=O) groups is 1. The molecule has 128 valence electrons. The van der Waals surface area contributed by atoms with Crippen LogP contribution in [0.1, 0.15) is 5.56 Å². The van der Waals surface area contributed by atoms with Crippen molar-refractivity contribution in [2.75, 3.05) is 13.7 Å². The second-order valence-corrected chi connectivity index (χ2v) is 6.13. The van der Waals surface area contributed by atoms with Crippen LogP contribution in [0.25, 0.3) is 10.9 Å². The molecule has 3 heterocycles. The van der Waals surface area contributed by atoms with Gasteiger partial charge in [-0.15, -0.1) is 0 Å². The van der Waals surface area contributed by atoms with Crippen LogP contribution in [0.2, 0.25) is 0 Å². The lowest BCUT2D eigenvalue weighted by atomic mass is 9.85. The maximum absolute atomic E-state index is 12.2. The largest absolute Gasteiger partial charge is 0.496 e. The van der Waals surface area contributed by atoms with Crippen molar-refractivity contribution >= 4 is 16.9 Å². The second-order valence-electron chi connectivity index (χ2n) is 6.13. The third-order valence-corrected chi connectivity index (χ3v) is 4.79. The summed E-state index contributed by atoms with van der Waals surface area (Å²) < 4.78 is 15.5. The van der Waals surface area contributed by atoms with Crippen LogP contribution in [-0.4, -0.2) is 63.6 Å². The van der Waals surface area contributed by atoms with E-state index in [2.05, 4.69) is 4.98 Å². The molecule has 2 aliphatic heterocycles. The molecule has 4 unspecified atom stereocenters. The molecule has 4 atom stereocenters. The van der Waals surface area contributed by atoms with E-state index < -0.39 is 29.6 Å². The van der Waals surface area contributed by atoms with Gasteiger partial charge in [0, 0.05) is 23.5 Å². The lowest BCUT2D eigenvalue weighted by molar-refractivity contribution is -0.262. The number of fused-ring (bicyclic) bond motifs is 2. The van der Waals surface area contributed by atoms with Crippen molar-refractivity contribution in [3.05, 3.63) is 30.0 Å². The molecule has 1 aromatic carbocycles. The number of hydrogen-bond donors (Lipinski definition) is 4. The fraction of sp³-hybridized carbons (Fsp3) is 0.438. The smallest absolute Gasteiger partial charge is 0.344 e. The number of aromatic amines is 1. The predicted molar refractivity (Wildman–Crippen MR) is 80.3 cm³/mol. The van der Waals surface area contributed by atoms with Crippen molar-refractivity contribution < 1.29 is 34.3 Å². The monoisotopic (exact) mass is 335 g/mol. The van der Waals surface area contributed by atoms with Gasteiger partial charge in [-0.1, -0.05) is 6.07 Å². The molecular formula is C16H17NO7. The van der Waals surface area contributed by atoms with Crippen molar-refractivity contribution in [3.63, 3.8) is 0 Å². The molecular weight excluding hydrogens is 318 g/mol. The zero-order chi connectivity index (χ0) is 17.1. The van der Waals surface area contributed by atoms with Gasteiger partial charge in [-0.25, -0.2) is 4.79 Å². The number of rotatable bonds is 3. The van der Waals surface area contributed by atoms with E-state index in [9.17, 15) is 20.1 Å². The Bertz CT molecular complexity index is 818. The van der Waals surface area contributed by atoms with E-state index in [0.717, 1.165) is 5.52 Å². The highest BCUT2D eigenvalue weighted by Gasteiger charge is 2.73. The van der Waals surface area contributed by atoms with Gasteiger partial charge in [0.1, 0.15) is 11.9 Å². The Morgan fingerprint density at radius 3 is 2.96 bits per heavy atom. The summed E-state index contributed by atoms with van der Waals surface area (Å²) in [6.45, 7) is -0.228. The molecule has 2 aliphatic rings. The van der Waals surface area contributed by atoms with Crippen molar-refractivity contribution in [2.24, 2.45) is 0 Å². The molecule has 4 N–H and O–H groups in total. The molecule has 0 amide bonds. The number of H-pyrrole nitrogens is 1. The van der Waals surface area contributed by atoms with Crippen LogP contribution < -0.4 is 4.74 Å². The molecule has 1 aromatic heterocycles. The maximum atomic E-state index is 12.2. The van der Waals surface area contributed by atoms with E-state index in [1.165, 1.54) is 7.11 Å². The zero-order valence-electron chi connectivity index (χ0n) is 12.9. The minimum atomic E-state index is -2.33. The zero-order valence-corrected chi connectivity index (χ0v) is 12.9. The molecule has 0 saturated carbocycles. The van der Waals surface area contributed by atoms with Crippen molar-refractivity contribution in [1.29, 1.82) is 0 Å². The number of esters is 1. The van der Waals surface area contributed by atoms with Crippen LogP contribution in [0.3, 0.4) is 0 Å². The van der Waals surface area contributed by atoms with Gasteiger partial charge in [0.25, 0.3) is 0 Å². The van der Waals surface area contributed by atoms with Crippen molar-refractivity contribution in [2.45, 2.75) is 30.0 Å². The van der Waals surface area contributed by atoms with E-state index in [1.54, 1.807) is 18.3 Å². The van der Waals surface area contributed by atoms with Gasteiger partial charge in [0.15, 0.2) is 6.10 Å². The van der Waals surface area contributed by atoms with Gasteiger partial charge in [-0.2, -0.15) is 0 Å². The van der Waals surface area contributed by atoms with Crippen molar-refractivity contribution in [3.8, 4) is 5.75 Å². The Morgan fingerprint density at radius 1 is 1.42 bits per heavy atom. The van der Waals surface area contributed by atoms with E-state index in [1.807, 2.05) is 6.07 Å². The molecule has 0 spiro atoms. The number of methoxy groups -OCH3 is 1. The third kappa shape index (κ3) is 1.79. The average molecular weight is 335 g/mol. The summed E-state index contributed by atoms with van der Waals surface area (Å²) in [5.74, 6) is -2.76. The van der Waals surface area contributed by atoms with Gasteiger partial charge < -0.3 is 34.5 Å². The number of carbonyl (C=O) groups excluding carboxylic acids is 1. The number of aromatic nitrogens is 1. The topological polar surface area (TPSA) is 121 Å². The highest BCUT2D eigenvalue weighted by atomic mass is 16.7. The summed E-state index contributed by atoms with van der Waals surface area (Å²) in [5.41, 5.74) is -1.01. The van der Waals surface area contributed by atoms with Gasteiger partial charge in [0.2, 0.25) is 11.4 Å². The summed E-state index contributed by atoms with van der Waals surface area (Å²) >= 11 is 0. The first-order valence-electron chi connectivity index (χ1n) is 7.51. The molecule has 2 saturated heterocycles. The number of aliphatic hydroxyl groups excluding tert-OH is 1. The SMILES string of the molecule is COc1cccc2[nH]cc(CC3(O)C(=O)OC4C(O)COC43O)c12. The summed E-state index contributed by atoms with van der Waals surface area (Å²) in [4.78, 5) is 15.2. The lowest BCUT2D eigenvalue weighted by Crippen LogP contribution is -2.59. The van der Waals surface area contributed by atoms with E-state index in [0.29, 0.717) is 16.7 Å². The van der Waals surface area contributed by atoms with E-state index in [4.69, 9.17) is 14.2 Å². The average Bonchev–Trinajstić information content (AvgIpc) is 3.16. The molecule has 0 bridgehead atoms. The molecule has 4 rings (SSSR count). The second kappa shape index (κ2) is 4.93. The van der Waals surface area contributed by atoms with E-state index >= 15 is 0 Å². The summed E-state index contributed by atoms with van der Waals surface area (Å²) in [6, 6.07) is 5.38. The fourth-order valence-electron chi connectivity index (χ4n) is 3.52. The minimum Gasteiger partial charge on any atom is -0.496 e.